The Morgan fingerprint density at radius 3 is 2.50 bits per heavy atom. The predicted octanol–water partition coefficient (Wildman–Crippen LogP) is 6.24. The van der Waals surface area contributed by atoms with Crippen molar-refractivity contribution >= 4 is 11.9 Å². The van der Waals surface area contributed by atoms with Crippen molar-refractivity contribution in [3.05, 3.63) is 78.1 Å². The van der Waals surface area contributed by atoms with Crippen LogP contribution in [0.2, 0.25) is 0 Å². The second-order valence-corrected chi connectivity index (χ2v) is 7.93. The topological polar surface area (TPSA) is 44.1 Å². The number of benzene rings is 2. The third kappa shape index (κ3) is 5.07. The molecule has 154 valence electrons. The summed E-state index contributed by atoms with van der Waals surface area (Å²) in [6, 6.07) is 18.8. The van der Waals surface area contributed by atoms with E-state index in [0.29, 0.717) is 12.6 Å². The van der Waals surface area contributed by atoms with E-state index < -0.39 is 0 Å². The van der Waals surface area contributed by atoms with Crippen molar-refractivity contribution in [3.8, 4) is 17.1 Å². The molecule has 30 heavy (non-hydrogen) atoms. The van der Waals surface area contributed by atoms with E-state index in [1.807, 2.05) is 36.4 Å². The van der Waals surface area contributed by atoms with Gasteiger partial charge < -0.3 is 9.30 Å². The molecule has 0 N–H and O–H groups in total. The van der Waals surface area contributed by atoms with Gasteiger partial charge in [0.25, 0.3) is 0 Å². The normalized spacial score (nSPS) is 14.8. The zero-order valence-corrected chi connectivity index (χ0v) is 17.5. The summed E-state index contributed by atoms with van der Waals surface area (Å²) in [5.41, 5.74) is 3.04. The van der Waals surface area contributed by atoms with E-state index in [1.54, 1.807) is 13.0 Å². The smallest absolute Gasteiger partial charge is 0.152 e. The molecule has 1 fully saturated rings. The predicted molar refractivity (Wildman–Crippen MR) is 120 cm³/mol. The standard InChI is InChI=1S/C26H28N2O2/c1-20(29)12-15-23-18-28(24-10-6-3-7-11-24)26(27-23)22-13-16-25(17-14-22)30-19-21-8-4-2-5-9-21/h2,4-5,8-9,12-18,24H,3,6-7,10-11,19H2,1H3/b15-12+. The van der Waals surface area contributed by atoms with Gasteiger partial charge in [0.15, 0.2) is 5.78 Å². The Labute approximate surface area is 178 Å². The molecule has 2 aromatic carbocycles. The fourth-order valence-corrected chi connectivity index (χ4v) is 3.99. The minimum atomic E-state index is 0.0312. The molecule has 0 radical (unpaired) electrons. The van der Waals surface area contributed by atoms with E-state index in [0.717, 1.165) is 28.4 Å². The number of nitrogens with zero attached hydrogens (tertiary/aromatic N) is 2. The van der Waals surface area contributed by atoms with Gasteiger partial charge in [-0.05, 0) is 61.7 Å². The van der Waals surface area contributed by atoms with Crippen molar-refractivity contribution in [2.75, 3.05) is 0 Å². The number of carbonyl (C=O) groups is 1. The highest BCUT2D eigenvalue weighted by Gasteiger charge is 2.20. The van der Waals surface area contributed by atoms with Gasteiger partial charge in [-0.1, -0.05) is 49.6 Å². The SMILES string of the molecule is CC(=O)/C=C/c1cn(C2CCCCC2)c(-c2ccc(OCc3ccccc3)cc2)n1. The summed E-state index contributed by atoms with van der Waals surface area (Å²) in [5.74, 6) is 1.83. The molecular weight excluding hydrogens is 372 g/mol. The lowest BCUT2D eigenvalue weighted by Gasteiger charge is -2.24. The molecule has 0 aliphatic heterocycles. The molecule has 1 heterocycles. The summed E-state index contributed by atoms with van der Waals surface area (Å²) in [4.78, 5) is 16.2. The molecular formula is C26H28N2O2. The minimum absolute atomic E-state index is 0.0312. The van der Waals surface area contributed by atoms with E-state index in [2.05, 4.69) is 35.0 Å². The molecule has 0 saturated heterocycles. The summed E-state index contributed by atoms with van der Waals surface area (Å²) in [6.45, 7) is 2.11. The average Bonchev–Trinajstić information content (AvgIpc) is 3.22. The third-order valence-corrected chi connectivity index (χ3v) is 5.57. The summed E-state index contributed by atoms with van der Waals surface area (Å²) in [6.07, 6.45) is 11.7. The number of ketones is 1. The molecule has 1 saturated carbocycles. The molecule has 4 nitrogen and oxygen atoms in total. The van der Waals surface area contributed by atoms with Gasteiger partial charge in [-0.25, -0.2) is 4.98 Å². The van der Waals surface area contributed by atoms with Gasteiger partial charge in [-0.2, -0.15) is 0 Å². The van der Waals surface area contributed by atoms with Crippen molar-refractivity contribution < 1.29 is 9.53 Å². The van der Waals surface area contributed by atoms with Gasteiger partial charge in [0.05, 0.1) is 5.69 Å². The van der Waals surface area contributed by atoms with Crippen LogP contribution in [-0.4, -0.2) is 15.3 Å². The van der Waals surface area contributed by atoms with Gasteiger partial charge in [0.1, 0.15) is 18.2 Å². The van der Waals surface area contributed by atoms with E-state index in [1.165, 1.54) is 32.1 Å². The molecule has 3 aromatic rings. The number of hydrogen-bond acceptors (Lipinski definition) is 3. The van der Waals surface area contributed by atoms with Gasteiger partial charge in [-0.15, -0.1) is 0 Å². The number of ether oxygens (including phenoxy) is 1. The van der Waals surface area contributed by atoms with Gasteiger partial charge in [-0.3, -0.25) is 4.79 Å². The first kappa shape index (κ1) is 20.1. The highest BCUT2D eigenvalue weighted by molar-refractivity contribution is 5.91. The van der Waals surface area contributed by atoms with Crippen LogP contribution < -0.4 is 4.74 Å². The molecule has 1 aliphatic rings. The maximum Gasteiger partial charge on any atom is 0.152 e. The summed E-state index contributed by atoms with van der Waals surface area (Å²) in [5, 5.41) is 0. The summed E-state index contributed by atoms with van der Waals surface area (Å²) in [7, 11) is 0. The lowest BCUT2D eigenvalue weighted by atomic mass is 9.95. The van der Waals surface area contributed by atoms with Crippen LogP contribution in [0.15, 0.2) is 66.9 Å². The highest BCUT2D eigenvalue weighted by atomic mass is 16.5. The zero-order chi connectivity index (χ0) is 20.8. The van der Waals surface area contributed by atoms with Crippen molar-refractivity contribution in [3.63, 3.8) is 0 Å². The summed E-state index contributed by atoms with van der Waals surface area (Å²) >= 11 is 0. The third-order valence-electron chi connectivity index (χ3n) is 5.57. The van der Waals surface area contributed by atoms with E-state index in [4.69, 9.17) is 9.72 Å². The van der Waals surface area contributed by atoms with Crippen molar-refractivity contribution in [2.24, 2.45) is 0 Å². The van der Waals surface area contributed by atoms with Crippen LogP contribution in [-0.2, 0) is 11.4 Å². The molecule has 4 rings (SSSR count). The number of aromatic nitrogens is 2. The summed E-state index contributed by atoms with van der Waals surface area (Å²) < 4.78 is 8.23. The van der Waals surface area contributed by atoms with Crippen LogP contribution in [0.3, 0.4) is 0 Å². The molecule has 1 aliphatic carbocycles. The quantitative estimate of drug-likeness (QED) is 0.441. The number of imidazole rings is 1. The first-order valence-corrected chi connectivity index (χ1v) is 10.7. The highest BCUT2D eigenvalue weighted by Crippen LogP contribution is 2.33. The fourth-order valence-electron chi connectivity index (χ4n) is 3.99. The van der Waals surface area contributed by atoms with Crippen LogP contribution in [0.1, 0.15) is 56.3 Å². The maximum absolute atomic E-state index is 11.3. The lowest BCUT2D eigenvalue weighted by Crippen LogP contribution is -2.13. The molecule has 0 atom stereocenters. The molecule has 1 aromatic heterocycles. The van der Waals surface area contributed by atoms with Crippen molar-refractivity contribution in [2.45, 2.75) is 51.7 Å². The second kappa shape index (κ2) is 9.57. The molecule has 0 spiro atoms. The first-order valence-electron chi connectivity index (χ1n) is 10.7. The Hall–Kier alpha value is -3.14. The lowest BCUT2D eigenvalue weighted by molar-refractivity contribution is -0.112. The van der Waals surface area contributed by atoms with Gasteiger partial charge in [0.2, 0.25) is 0 Å². The first-order chi connectivity index (χ1) is 14.7. The van der Waals surface area contributed by atoms with Crippen LogP contribution in [0.25, 0.3) is 17.5 Å². The molecule has 0 amide bonds. The van der Waals surface area contributed by atoms with Gasteiger partial charge in [0, 0.05) is 17.8 Å². The monoisotopic (exact) mass is 400 g/mol. The molecule has 0 unspecified atom stereocenters. The Bertz CT molecular complexity index is 997. The average molecular weight is 401 g/mol. The van der Waals surface area contributed by atoms with Crippen LogP contribution in [0.5, 0.6) is 5.75 Å². The Balaban J connectivity index is 1.56. The number of allylic oxidation sites excluding steroid dienone is 1. The van der Waals surface area contributed by atoms with Crippen molar-refractivity contribution in [1.29, 1.82) is 0 Å². The van der Waals surface area contributed by atoms with Crippen LogP contribution >= 0.6 is 0 Å². The van der Waals surface area contributed by atoms with Crippen molar-refractivity contribution in [1.82, 2.24) is 9.55 Å². The van der Waals surface area contributed by atoms with E-state index in [-0.39, 0.29) is 5.78 Å². The Kier molecular flexibility index (Phi) is 6.43. The Morgan fingerprint density at radius 2 is 1.80 bits per heavy atom. The molecule has 0 bridgehead atoms. The Morgan fingerprint density at radius 1 is 1.07 bits per heavy atom. The maximum atomic E-state index is 11.3. The minimum Gasteiger partial charge on any atom is -0.489 e. The van der Waals surface area contributed by atoms with Crippen LogP contribution in [0.4, 0.5) is 0 Å². The number of carbonyl (C=O) groups excluding carboxylic acids is 1. The van der Waals surface area contributed by atoms with Crippen LogP contribution in [0, 0.1) is 0 Å². The fraction of sp³-hybridized carbons (Fsp3) is 0.308. The van der Waals surface area contributed by atoms with E-state index >= 15 is 0 Å². The second-order valence-electron chi connectivity index (χ2n) is 7.93. The molecule has 4 heteroatoms. The number of hydrogen-bond donors (Lipinski definition) is 0. The van der Waals surface area contributed by atoms with Gasteiger partial charge >= 0.3 is 0 Å². The number of rotatable bonds is 7. The van der Waals surface area contributed by atoms with E-state index in [9.17, 15) is 4.79 Å². The zero-order valence-electron chi connectivity index (χ0n) is 17.5. The largest absolute Gasteiger partial charge is 0.489 e.